The number of rotatable bonds is 7. The topological polar surface area (TPSA) is 47.4 Å². The van der Waals surface area contributed by atoms with Crippen LogP contribution in [0.3, 0.4) is 0 Å². The molecule has 0 bridgehead atoms. The quantitative estimate of drug-likeness (QED) is 0.719. The van der Waals surface area contributed by atoms with Crippen molar-refractivity contribution in [1.82, 2.24) is 14.7 Å². The summed E-state index contributed by atoms with van der Waals surface area (Å²) in [7, 11) is 1.42. The predicted molar refractivity (Wildman–Crippen MR) is 77.9 cm³/mol. The van der Waals surface area contributed by atoms with Crippen molar-refractivity contribution in [3.8, 4) is 0 Å². The molecule has 5 nitrogen and oxygen atoms in total. The monoisotopic (exact) mass is 331 g/mol. The zero-order valence-electron chi connectivity index (χ0n) is 12.1. The van der Waals surface area contributed by atoms with Gasteiger partial charge in [-0.1, -0.05) is 6.92 Å². The fourth-order valence-corrected chi connectivity index (χ4v) is 2.34. The molecule has 0 saturated heterocycles. The number of halogens is 1. The van der Waals surface area contributed by atoms with Gasteiger partial charge in [0.05, 0.1) is 29.4 Å². The Labute approximate surface area is 123 Å². The molecule has 108 valence electrons. The number of methoxy groups -OCH3 is 1. The summed E-state index contributed by atoms with van der Waals surface area (Å²) in [6.07, 6.45) is 0.418. The van der Waals surface area contributed by atoms with Gasteiger partial charge in [0, 0.05) is 19.6 Å². The second kappa shape index (κ2) is 7.65. The highest BCUT2D eigenvalue weighted by molar-refractivity contribution is 9.10. The highest BCUT2D eigenvalue weighted by atomic mass is 79.9. The molecular formula is C13H22BrN3O2. The Balaban J connectivity index is 2.72. The number of nitrogens with zero attached hydrogens (tertiary/aromatic N) is 3. The van der Waals surface area contributed by atoms with Crippen molar-refractivity contribution in [2.75, 3.05) is 20.2 Å². The normalized spacial score (nSPS) is 11.1. The molecule has 6 heteroatoms. The maximum absolute atomic E-state index is 11.2. The van der Waals surface area contributed by atoms with Crippen molar-refractivity contribution in [1.29, 1.82) is 0 Å². The lowest BCUT2D eigenvalue weighted by atomic mass is 10.3. The molecule has 0 aliphatic heterocycles. The Morgan fingerprint density at radius 2 is 2.16 bits per heavy atom. The second-order valence-electron chi connectivity index (χ2n) is 4.36. The summed E-state index contributed by atoms with van der Waals surface area (Å²) in [5.41, 5.74) is 2.16. The molecule has 0 N–H and O–H groups in total. The van der Waals surface area contributed by atoms with Crippen LogP contribution in [0.5, 0.6) is 0 Å². The van der Waals surface area contributed by atoms with Crippen molar-refractivity contribution in [2.45, 2.75) is 40.3 Å². The predicted octanol–water partition coefficient (Wildman–Crippen LogP) is 2.36. The third-order valence-corrected chi connectivity index (χ3v) is 4.16. The molecule has 1 aromatic heterocycles. The molecule has 0 unspecified atom stereocenters. The molecule has 0 fully saturated rings. The standard InChI is InChI=1S/C13H22BrN3O2/c1-5-16(8-7-12(18)19-4)9-11-13(14)10(3)15-17(11)6-2/h5-9H2,1-4H3. The van der Waals surface area contributed by atoms with Gasteiger partial charge in [0.15, 0.2) is 0 Å². The third-order valence-electron chi connectivity index (χ3n) is 3.13. The van der Waals surface area contributed by atoms with Gasteiger partial charge in [-0.25, -0.2) is 0 Å². The molecular weight excluding hydrogens is 310 g/mol. The zero-order valence-corrected chi connectivity index (χ0v) is 13.7. The fraction of sp³-hybridized carbons (Fsp3) is 0.692. The first-order valence-electron chi connectivity index (χ1n) is 6.54. The zero-order chi connectivity index (χ0) is 14.4. The minimum absolute atomic E-state index is 0.169. The maximum Gasteiger partial charge on any atom is 0.306 e. The number of aromatic nitrogens is 2. The summed E-state index contributed by atoms with van der Waals surface area (Å²) in [6.45, 7) is 9.36. The smallest absolute Gasteiger partial charge is 0.306 e. The number of hydrogen-bond donors (Lipinski definition) is 0. The molecule has 0 aromatic carbocycles. The van der Waals surface area contributed by atoms with E-state index in [0.717, 1.165) is 35.5 Å². The Morgan fingerprint density at radius 1 is 1.47 bits per heavy atom. The minimum Gasteiger partial charge on any atom is -0.469 e. The van der Waals surface area contributed by atoms with E-state index in [1.807, 2.05) is 11.6 Å². The second-order valence-corrected chi connectivity index (χ2v) is 5.15. The van der Waals surface area contributed by atoms with Gasteiger partial charge in [0.2, 0.25) is 0 Å². The maximum atomic E-state index is 11.2. The van der Waals surface area contributed by atoms with E-state index in [0.29, 0.717) is 13.0 Å². The SMILES string of the molecule is CCN(CCC(=O)OC)Cc1c(Br)c(C)nn1CC. The van der Waals surface area contributed by atoms with Gasteiger partial charge in [0.1, 0.15) is 0 Å². The van der Waals surface area contributed by atoms with E-state index in [9.17, 15) is 4.79 Å². The lowest BCUT2D eigenvalue weighted by Crippen LogP contribution is -2.27. The van der Waals surface area contributed by atoms with E-state index in [1.54, 1.807) is 0 Å². The molecule has 1 aromatic rings. The summed E-state index contributed by atoms with van der Waals surface area (Å²) in [4.78, 5) is 13.4. The van der Waals surface area contributed by atoms with Gasteiger partial charge >= 0.3 is 5.97 Å². The molecule has 0 spiro atoms. The largest absolute Gasteiger partial charge is 0.469 e. The number of esters is 1. The average molecular weight is 332 g/mol. The van der Waals surface area contributed by atoms with Gasteiger partial charge < -0.3 is 4.74 Å². The van der Waals surface area contributed by atoms with Crippen molar-refractivity contribution in [2.24, 2.45) is 0 Å². The Bertz CT molecular complexity index is 432. The number of aryl methyl sites for hydroxylation is 2. The summed E-state index contributed by atoms with van der Waals surface area (Å²) in [5.74, 6) is -0.169. The van der Waals surface area contributed by atoms with E-state index in [1.165, 1.54) is 7.11 Å². The molecule has 1 rings (SSSR count). The van der Waals surface area contributed by atoms with Crippen LogP contribution >= 0.6 is 15.9 Å². The van der Waals surface area contributed by atoms with Crippen LogP contribution in [0.15, 0.2) is 4.47 Å². The van der Waals surface area contributed by atoms with Crippen LogP contribution in [-0.2, 0) is 22.6 Å². The van der Waals surface area contributed by atoms with E-state index >= 15 is 0 Å². The van der Waals surface area contributed by atoms with Crippen molar-refractivity contribution in [3.05, 3.63) is 15.9 Å². The van der Waals surface area contributed by atoms with Crippen LogP contribution in [-0.4, -0.2) is 40.8 Å². The van der Waals surface area contributed by atoms with Gasteiger partial charge in [-0.3, -0.25) is 14.4 Å². The van der Waals surface area contributed by atoms with E-state index in [-0.39, 0.29) is 5.97 Å². The first kappa shape index (κ1) is 16.2. The van der Waals surface area contributed by atoms with Crippen LogP contribution in [0.25, 0.3) is 0 Å². The Kier molecular flexibility index (Phi) is 6.51. The first-order valence-corrected chi connectivity index (χ1v) is 7.33. The summed E-state index contributed by atoms with van der Waals surface area (Å²) >= 11 is 3.59. The van der Waals surface area contributed by atoms with Crippen LogP contribution in [0, 0.1) is 6.92 Å². The van der Waals surface area contributed by atoms with Crippen molar-refractivity contribution < 1.29 is 9.53 Å². The van der Waals surface area contributed by atoms with Gasteiger partial charge in [-0.05, 0) is 36.3 Å². The number of hydrogen-bond acceptors (Lipinski definition) is 4. The average Bonchev–Trinajstić information content (AvgIpc) is 2.69. The minimum atomic E-state index is -0.169. The number of ether oxygens (including phenoxy) is 1. The lowest BCUT2D eigenvalue weighted by Gasteiger charge is -2.20. The molecule has 0 atom stereocenters. The van der Waals surface area contributed by atoms with Gasteiger partial charge in [-0.2, -0.15) is 5.10 Å². The van der Waals surface area contributed by atoms with Crippen LogP contribution < -0.4 is 0 Å². The fourth-order valence-electron chi connectivity index (χ4n) is 1.93. The Hall–Kier alpha value is -0.880. The Morgan fingerprint density at radius 3 is 2.68 bits per heavy atom. The summed E-state index contributed by atoms with van der Waals surface area (Å²) in [5, 5.41) is 4.48. The first-order chi connectivity index (χ1) is 9.03. The van der Waals surface area contributed by atoms with Crippen molar-refractivity contribution in [3.63, 3.8) is 0 Å². The summed E-state index contributed by atoms with van der Waals surface area (Å²) < 4.78 is 7.74. The molecule has 0 radical (unpaired) electrons. The van der Waals surface area contributed by atoms with Crippen LogP contribution in [0.2, 0.25) is 0 Å². The molecule has 19 heavy (non-hydrogen) atoms. The van der Waals surface area contributed by atoms with Crippen LogP contribution in [0.4, 0.5) is 0 Å². The highest BCUT2D eigenvalue weighted by Gasteiger charge is 2.15. The third kappa shape index (κ3) is 4.31. The van der Waals surface area contributed by atoms with E-state index in [4.69, 9.17) is 0 Å². The lowest BCUT2D eigenvalue weighted by molar-refractivity contribution is -0.141. The van der Waals surface area contributed by atoms with Gasteiger partial charge in [-0.15, -0.1) is 0 Å². The van der Waals surface area contributed by atoms with Crippen molar-refractivity contribution >= 4 is 21.9 Å². The molecule has 0 amide bonds. The molecule has 1 heterocycles. The number of carbonyl (C=O) groups excluding carboxylic acids is 1. The van der Waals surface area contributed by atoms with Gasteiger partial charge in [0.25, 0.3) is 0 Å². The summed E-state index contributed by atoms with van der Waals surface area (Å²) in [6, 6.07) is 0. The molecule has 0 aliphatic carbocycles. The van der Waals surface area contributed by atoms with E-state index < -0.39 is 0 Å². The van der Waals surface area contributed by atoms with E-state index in [2.05, 4.69) is 44.5 Å². The highest BCUT2D eigenvalue weighted by Crippen LogP contribution is 2.22. The molecule has 0 aliphatic rings. The molecule has 0 saturated carbocycles. The number of carbonyl (C=O) groups is 1. The van der Waals surface area contributed by atoms with Crippen LogP contribution in [0.1, 0.15) is 31.7 Å².